The maximum absolute atomic E-state index is 11.8. The molecule has 0 unspecified atom stereocenters. The number of nitrogens with one attached hydrogen (secondary N) is 1. The highest BCUT2D eigenvalue weighted by Gasteiger charge is 2.21. The van der Waals surface area contributed by atoms with E-state index in [1.165, 1.54) is 11.8 Å². The van der Waals surface area contributed by atoms with Gasteiger partial charge in [0.25, 0.3) is 5.91 Å². The molecular weight excluding hydrogens is 378 g/mol. The minimum atomic E-state index is -0.155. The van der Waals surface area contributed by atoms with Crippen molar-refractivity contribution in [3.8, 4) is 11.5 Å². The molecule has 0 aliphatic carbocycles. The molecule has 1 amide bonds. The van der Waals surface area contributed by atoms with Crippen LogP contribution in [0.25, 0.3) is 6.08 Å². The number of thioether (sulfide) groups is 1. The van der Waals surface area contributed by atoms with Crippen molar-refractivity contribution in [1.82, 2.24) is 5.32 Å². The number of hydrogen-bond donors (Lipinski definition) is 1. The van der Waals surface area contributed by atoms with Gasteiger partial charge in [-0.1, -0.05) is 61.6 Å². The number of ether oxygens (including phenoxy) is 2. The van der Waals surface area contributed by atoms with E-state index >= 15 is 0 Å². The summed E-state index contributed by atoms with van der Waals surface area (Å²) in [4.78, 5) is 12.4. The first-order chi connectivity index (χ1) is 13.1. The van der Waals surface area contributed by atoms with E-state index in [2.05, 4.69) is 12.2 Å². The lowest BCUT2D eigenvalue weighted by molar-refractivity contribution is -0.115. The highest BCUT2D eigenvalue weighted by atomic mass is 32.2. The monoisotopic (exact) mass is 399 g/mol. The molecule has 27 heavy (non-hydrogen) atoms. The summed E-state index contributed by atoms with van der Waals surface area (Å²) in [6.07, 6.45) is 4.00. The molecule has 3 rings (SSSR count). The maximum atomic E-state index is 11.8. The molecular formula is C21H21NO3S2. The van der Waals surface area contributed by atoms with Gasteiger partial charge in [-0.2, -0.15) is 0 Å². The summed E-state index contributed by atoms with van der Waals surface area (Å²) in [6, 6.07) is 15.6. The lowest BCUT2D eigenvalue weighted by Crippen LogP contribution is -2.17. The Hall–Kier alpha value is -2.31. The van der Waals surface area contributed by atoms with Crippen molar-refractivity contribution in [3.63, 3.8) is 0 Å². The maximum Gasteiger partial charge on any atom is 0.263 e. The Morgan fingerprint density at radius 3 is 2.63 bits per heavy atom. The quantitative estimate of drug-likeness (QED) is 0.387. The van der Waals surface area contributed by atoms with E-state index in [0.29, 0.717) is 15.8 Å². The summed E-state index contributed by atoms with van der Waals surface area (Å²) in [5, 5.41) is 2.61. The van der Waals surface area contributed by atoms with Crippen molar-refractivity contribution in [2.24, 2.45) is 0 Å². The molecule has 0 radical (unpaired) electrons. The molecule has 140 valence electrons. The average molecular weight is 400 g/mol. The van der Waals surface area contributed by atoms with Crippen LogP contribution in [0.5, 0.6) is 11.5 Å². The number of rotatable bonds is 8. The van der Waals surface area contributed by atoms with Crippen LogP contribution in [0.4, 0.5) is 0 Å². The molecule has 2 aromatic carbocycles. The Kier molecular flexibility index (Phi) is 6.90. The minimum Gasteiger partial charge on any atom is -0.494 e. The third-order valence-electron chi connectivity index (χ3n) is 3.89. The Labute approximate surface area is 168 Å². The van der Waals surface area contributed by atoms with Crippen LogP contribution in [0.15, 0.2) is 53.4 Å². The number of unbranched alkanes of at least 4 members (excludes halogenated alkanes) is 1. The van der Waals surface area contributed by atoms with E-state index < -0.39 is 0 Å². The zero-order chi connectivity index (χ0) is 19.1. The summed E-state index contributed by atoms with van der Waals surface area (Å²) < 4.78 is 12.0. The van der Waals surface area contributed by atoms with E-state index in [1.54, 1.807) is 0 Å². The molecule has 1 aliphatic heterocycles. The molecule has 1 N–H and O–H groups in total. The fourth-order valence-corrected chi connectivity index (χ4v) is 3.49. The molecule has 0 saturated carbocycles. The number of amides is 1. The standard InChI is InChI=1S/C21H21NO3S2/c1-2-3-11-24-17-9-7-15(8-10-17)14-25-18-6-4-5-16(12-18)13-19-20(23)22-21(26)27-19/h4-10,12-13H,2-3,11,14H2,1H3,(H,22,23,26). The van der Waals surface area contributed by atoms with Crippen molar-refractivity contribution in [1.29, 1.82) is 0 Å². The predicted molar refractivity (Wildman–Crippen MR) is 114 cm³/mol. The molecule has 2 aromatic rings. The minimum absolute atomic E-state index is 0.155. The Bertz CT molecular complexity index is 847. The molecule has 0 bridgehead atoms. The van der Waals surface area contributed by atoms with Crippen molar-refractivity contribution >= 4 is 40.3 Å². The van der Waals surface area contributed by atoms with Gasteiger partial charge in [0.2, 0.25) is 0 Å². The first-order valence-electron chi connectivity index (χ1n) is 8.83. The normalized spacial score (nSPS) is 15.1. The topological polar surface area (TPSA) is 47.6 Å². The van der Waals surface area contributed by atoms with Gasteiger partial charge in [0, 0.05) is 0 Å². The third kappa shape index (κ3) is 5.84. The summed E-state index contributed by atoms with van der Waals surface area (Å²) in [7, 11) is 0. The SMILES string of the molecule is CCCCOc1ccc(COc2cccc(C=C3SC(=S)NC3=O)c2)cc1. The summed E-state index contributed by atoms with van der Waals surface area (Å²) >= 11 is 6.28. The lowest BCUT2D eigenvalue weighted by atomic mass is 10.2. The number of thiocarbonyl (C=S) groups is 1. The zero-order valence-electron chi connectivity index (χ0n) is 15.1. The first-order valence-corrected chi connectivity index (χ1v) is 10.1. The lowest BCUT2D eigenvalue weighted by Gasteiger charge is -2.09. The molecule has 0 spiro atoms. The second-order valence-corrected chi connectivity index (χ2v) is 7.78. The second kappa shape index (κ2) is 9.58. The number of carbonyl (C=O) groups excluding carboxylic acids is 1. The molecule has 0 aromatic heterocycles. The third-order valence-corrected chi connectivity index (χ3v) is 5.06. The fourth-order valence-electron chi connectivity index (χ4n) is 2.45. The van der Waals surface area contributed by atoms with Crippen LogP contribution in [0.2, 0.25) is 0 Å². The van der Waals surface area contributed by atoms with Gasteiger partial charge in [0.15, 0.2) is 0 Å². The van der Waals surface area contributed by atoms with Crippen molar-refractivity contribution < 1.29 is 14.3 Å². The van der Waals surface area contributed by atoms with Crippen LogP contribution in [-0.4, -0.2) is 16.8 Å². The summed E-state index contributed by atoms with van der Waals surface area (Å²) in [5.41, 5.74) is 1.96. The van der Waals surface area contributed by atoms with Crippen LogP contribution in [0, 0.1) is 0 Å². The van der Waals surface area contributed by atoms with E-state index in [9.17, 15) is 4.79 Å². The van der Waals surface area contributed by atoms with Gasteiger partial charge in [-0.25, -0.2) is 0 Å². The van der Waals surface area contributed by atoms with E-state index in [1.807, 2.05) is 54.6 Å². The van der Waals surface area contributed by atoms with Crippen LogP contribution < -0.4 is 14.8 Å². The van der Waals surface area contributed by atoms with Crippen molar-refractivity contribution in [2.45, 2.75) is 26.4 Å². The van der Waals surface area contributed by atoms with Gasteiger partial charge < -0.3 is 14.8 Å². The van der Waals surface area contributed by atoms with Gasteiger partial charge in [0.05, 0.1) is 11.5 Å². The molecule has 1 saturated heterocycles. The number of hydrogen-bond acceptors (Lipinski definition) is 5. The van der Waals surface area contributed by atoms with Crippen LogP contribution in [-0.2, 0) is 11.4 Å². The number of benzene rings is 2. The highest BCUT2D eigenvalue weighted by molar-refractivity contribution is 8.26. The summed E-state index contributed by atoms with van der Waals surface area (Å²) in [6.45, 7) is 3.36. The van der Waals surface area contributed by atoms with Gasteiger partial charge in [-0.3, -0.25) is 4.79 Å². The van der Waals surface area contributed by atoms with Crippen molar-refractivity contribution in [3.05, 3.63) is 64.6 Å². The Morgan fingerprint density at radius 2 is 1.93 bits per heavy atom. The van der Waals surface area contributed by atoms with Crippen LogP contribution in [0.1, 0.15) is 30.9 Å². The highest BCUT2D eigenvalue weighted by Crippen LogP contribution is 2.27. The summed E-state index contributed by atoms with van der Waals surface area (Å²) in [5.74, 6) is 1.47. The van der Waals surface area contributed by atoms with Gasteiger partial charge in [0.1, 0.15) is 22.4 Å². The van der Waals surface area contributed by atoms with Gasteiger partial charge in [-0.15, -0.1) is 0 Å². The van der Waals surface area contributed by atoms with Gasteiger partial charge in [-0.05, 0) is 47.9 Å². The molecule has 1 heterocycles. The predicted octanol–water partition coefficient (Wildman–Crippen LogP) is 4.93. The van der Waals surface area contributed by atoms with E-state index in [-0.39, 0.29) is 5.91 Å². The van der Waals surface area contributed by atoms with Crippen molar-refractivity contribution in [2.75, 3.05) is 6.61 Å². The smallest absolute Gasteiger partial charge is 0.263 e. The van der Waals surface area contributed by atoms with Gasteiger partial charge >= 0.3 is 0 Å². The average Bonchev–Trinajstić information content (AvgIpc) is 2.98. The Morgan fingerprint density at radius 1 is 1.11 bits per heavy atom. The molecule has 1 aliphatic rings. The molecule has 0 atom stereocenters. The Balaban J connectivity index is 1.58. The van der Waals surface area contributed by atoms with Crippen LogP contribution in [0.3, 0.4) is 0 Å². The molecule has 1 fully saturated rings. The van der Waals surface area contributed by atoms with E-state index in [0.717, 1.165) is 42.1 Å². The molecule has 6 heteroatoms. The number of carbonyl (C=O) groups is 1. The fraction of sp³-hybridized carbons (Fsp3) is 0.238. The van der Waals surface area contributed by atoms with E-state index in [4.69, 9.17) is 21.7 Å². The largest absolute Gasteiger partial charge is 0.494 e. The first kappa shape index (κ1) is 19.5. The van der Waals surface area contributed by atoms with Crippen LogP contribution >= 0.6 is 24.0 Å². The molecule has 4 nitrogen and oxygen atoms in total. The second-order valence-electron chi connectivity index (χ2n) is 6.06. The zero-order valence-corrected chi connectivity index (χ0v) is 16.7.